The van der Waals surface area contributed by atoms with Gasteiger partial charge < -0.3 is 14.4 Å². The van der Waals surface area contributed by atoms with Gasteiger partial charge in [-0.3, -0.25) is 10.3 Å². The lowest BCUT2D eigenvalue weighted by atomic mass is 10.1. The molecule has 0 bridgehead atoms. The Bertz CT molecular complexity index is 1390. The van der Waals surface area contributed by atoms with Crippen molar-refractivity contribution in [1.82, 2.24) is 29.6 Å². The van der Waals surface area contributed by atoms with Gasteiger partial charge in [0, 0.05) is 29.6 Å². The number of rotatable bonds is 9. The molecule has 0 saturated heterocycles. The van der Waals surface area contributed by atoms with Crippen LogP contribution in [0.15, 0.2) is 16.8 Å². The van der Waals surface area contributed by atoms with Crippen molar-refractivity contribution in [3.8, 4) is 5.75 Å². The quantitative estimate of drug-likeness (QED) is 0.346. The second-order valence-corrected chi connectivity index (χ2v) is 11.6. The summed E-state index contributed by atoms with van der Waals surface area (Å²) in [5.41, 5.74) is 4.90. The van der Waals surface area contributed by atoms with Crippen molar-refractivity contribution in [2.45, 2.75) is 72.1 Å². The summed E-state index contributed by atoms with van der Waals surface area (Å²) in [6.45, 7) is 17.2. The third kappa shape index (κ3) is 6.70. The maximum absolute atomic E-state index is 12.6. The maximum Gasteiger partial charge on any atom is 0.414 e. The molecule has 1 aliphatic rings. The summed E-state index contributed by atoms with van der Waals surface area (Å²) in [5, 5.41) is 9.36. The van der Waals surface area contributed by atoms with Gasteiger partial charge in [0.15, 0.2) is 5.65 Å². The van der Waals surface area contributed by atoms with Crippen molar-refractivity contribution in [3.05, 3.63) is 34.3 Å². The summed E-state index contributed by atoms with van der Waals surface area (Å²) >= 11 is 1.64. The monoisotopic (exact) mass is 553 g/mol. The Morgan fingerprint density at radius 1 is 1.21 bits per heavy atom. The molecule has 0 unspecified atom stereocenters. The van der Waals surface area contributed by atoms with Gasteiger partial charge in [0.05, 0.1) is 30.4 Å². The van der Waals surface area contributed by atoms with E-state index in [-0.39, 0.29) is 5.95 Å². The predicted molar refractivity (Wildman–Crippen MR) is 156 cm³/mol. The fourth-order valence-electron chi connectivity index (χ4n) is 4.59. The van der Waals surface area contributed by atoms with E-state index in [1.807, 2.05) is 45.5 Å². The lowest BCUT2D eigenvalue weighted by Gasteiger charge is -2.19. The molecule has 210 valence electrons. The Morgan fingerprint density at radius 2 is 1.95 bits per heavy atom. The summed E-state index contributed by atoms with van der Waals surface area (Å²) < 4.78 is 12.9. The largest absolute Gasteiger partial charge is 0.496 e. The molecule has 0 radical (unpaired) electrons. The van der Waals surface area contributed by atoms with Crippen LogP contribution in [0.5, 0.6) is 5.75 Å². The molecule has 1 N–H and O–H groups in total. The van der Waals surface area contributed by atoms with Crippen molar-refractivity contribution >= 4 is 40.9 Å². The van der Waals surface area contributed by atoms with Gasteiger partial charge in [-0.1, -0.05) is 19.4 Å². The van der Waals surface area contributed by atoms with Crippen LogP contribution in [0.2, 0.25) is 0 Å². The number of aryl methyl sites for hydroxylation is 1. The molecule has 4 heterocycles. The Morgan fingerprint density at radius 3 is 2.62 bits per heavy atom. The molecule has 0 atom stereocenters. The zero-order valence-electron chi connectivity index (χ0n) is 24.2. The molecule has 1 amide bonds. The molecule has 3 aromatic rings. The second-order valence-electron chi connectivity index (χ2n) is 10.6. The summed E-state index contributed by atoms with van der Waals surface area (Å²) in [5.74, 6) is 1.80. The number of hydrogen-bond donors (Lipinski definition) is 1. The van der Waals surface area contributed by atoms with Gasteiger partial charge in [-0.15, -0.1) is 11.8 Å². The predicted octanol–water partition coefficient (Wildman–Crippen LogP) is 5.46. The lowest BCUT2D eigenvalue weighted by Crippen LogP contribution is -2.28. The SMILES string of the molecule is CCN(CC)CCC1=Cc2nn(Cc3ncc(C)c(OC)c3C)c3nc(NC(=O)OC(C)(C)C)nc(c23)SC1. The number of thioether (sulfide) groups is 1. The highest BCUT2D eigenvalue weighted by Gasteiger charge is 2.24. The van der Waals surface area contributed by atoms with Gasteiger partial charge in [0.1, 0.15) is 16.4 Å². The summed E-state index contributed by atoms with van der Waals surface area (Å²) in [6.07, 6.45) is 4.33. The van der Waals surface area contributed by atoms with Crippen LogP contribution < -0.4 is 10.1 Å². The van der Waals surface area contributed by atoms with E-state index in [0.29, 0.717) is 12.2 Å². The molecular weight excluding hydrogens is 514 g/mol. The number of hydrogen-bond acceptors (Lipinski definition) is 9. The van der Waals surface area contributed by atoms with Gasteiger partial charge in [-0.2, -0.15) is 10.1 Å². The van der Waals surface area contributed by atoms with Crippen LogP contribution in [0.1, 0.15) is 63.6 Å². The summed E-state index contributed by atoms with van der Waals surface area (Å²) in [6, 6.07) is 0. The number of aromatic nitrogens is 5. The zero-order chi connectivity index (χ0) is 28.3. The van der Waals surface area contributed by atoms with Crippen LogP contribution in [0.4, 0.5) is 10.7 Å². The molecule has 0 aliphatic carbocycles. The number of nitrogens with zero attached hydrogens (tertiary/aromatic N) is 6. The number of pyridine rings is 1. The summed E-state index contributed by atoms with van der Waals surface area (Å²) in [7, 11) is 1.67. The minimum absolute atomic E-state index is 0.185. The third-order valence-corrected chi connectivity index (χ3v) is 7.71. The van der Waals surface area contributed by atoms with E-state index in [1.165, 1.54) is 5.57 Å². The number of carbonyl (C=O) groups is 1. The molecular formula is C28H39N7O3S. The van der Waals surface area contributed by atoms with Crippen LogP contribution in [-0.2, 0) is 11.3 Å². The minimum atomic E-state index is -0.638. The average Bonchev–Trinajstić information content (AvgIpc) is 3.09. The van der Waals surface area contributed by atoms with E-state index < -0.39 is 11.7 Å². The van der Waals surface area contributed by atoms with Crippen molar-refractivity contribution in [2.75, 3.05) is 37.8 Å². The standard InChI is InChI=1S/C28H39N7O3S/c1-9-34(10-2)12-11-19-13-20-22-24(35(33-20)15-21-18(4)23(37-8)17(3)14-29-21)30-26(31-25(22)39-16-19)32-27(36)38-28(5,6)7/h13-14H,9-12,15-16H2,1-8H3,(H,30,31,32,36). The fourth-order valence-corrected chi connectivity index (χ4v) is 5.63. The maximum atomic E-state index is 12.6. The number of amides is 1. The molecule has 0 saturated carbocycles. The topological polar surface area (TPSA) is 107 Å². The number of anilines is 1. The Hall–Kier alpha value is -3.18. The van der Waals surface area contributed by atoms with E-state index >= 15 is 0 Å². The first kappa shape index (κ1) is 28.8. The molecule has 1 aliphatic heterocycles. The van der Waals surface area contributed by atoms with Crippen molar-refractivity contribution in [3.63, 3.8) is 0 Å². The smallest absolute Gasteiger partial charge is 0.414 e. The molecule has 4 rings (SSSR count). The van der Waals surface area contributed by atoms with Crippen molar-refractivity contribution in [2.24, 2.45) is 0 Å². The average molecular weight is 554 g/mol. The van der Waals surface area contributed by atoms with Crippen LogP contribution in [-0.4, -0.2) is 73.8 Å². The highest BCUT2D eigenvalue weighted by atomic mass is 32.2. The van der Waals surface area contributed by atoms with Gasteiger partial charge in [0.2, 0.25) is 5.95 Å². The Balaban J connectivity index is 1.76. The van der Waals surface area contributed by atoms with Crippen LogP contribution >= 0.6 is 11.8 Å². The Labute approximate surface area is 234 Å². The number of ether oxygens (including phenoxy) is 2. The van der Waals surface area contributed by atoms with Crippen molar-refractivity contribution < 1.29 is 14.3 Å². The number of nitrogens with one attached hydrogen (secondary N) is 1. The van der Waals surface area contributed by atoms with Gasteiger partial charge in [-0.25, -0.2) is 14.5 Å². The lowest BCUT2D eigenvalue weighted by molar-refractivity contribution is 0.0634. The molecule has 0 fully saturated rings. The Kier molecular flexibility index (Phi) is 8.80. The number of carbonyl (C=O) groups excluding carboxylic acids is 1. The highest BCUT2D eigenvalue weighted by molar-refractivity contribution is 7.99. The molecule has 10 nitrogen and oxygen atoms in total. The van der Waals surface area contributed by atoms with E-state index in [0.717, 1.165) is 70.5 Å². The first-order chi connectivity index (χ1) is 18.5. The van der Waals surface area contributed by atoms with Crippen LogP contribution in [0, 0.1) is 13.8 Å². The second kappa shape index (κ2) is 11.9. The first-order valence-corrected chi connectivity index (χ1v) is 14.3. The van der Waals surface area contributed by atoms with Crippen LogP contribution in [0.25, 0.3) is 17.1 Å². The molecule has 0 spiro atoms. The zero-order valence-corrected chi connectivity index (χ0v) is 25.0. The minimum Gasteiger partial charge on any atom is -0.496 e. The molecule has 39 heavy (non-hydrogen) atoms. The fraction of sp³-hybridized carbons (Fsp3) is 0.536. The van der Waals surface area contributed by atoms with E-state index in [9.17, 15) is 4.79 Å². The van der Waals surface area contributed by atoms with E-state index in [1.54, 1.807) is 18.9 Å². The van der Waals surface area contributed by atoms with Crippen LogP contribution in [0.3, 0.4) is 0 Å². The van der Waals surface area contributed by atoms with E-state index in [4.69, 9.17) is 24.5 Å². The molecule has 0 aromatic carbocycles. The highest BCUT2D eigenvalue weighted by Crippen LogP contribution is 2.36. The van der Waals surface area contributed by atoms with Crippen molar-refractivity contribution in [1.29, 1.82) is 0 Å². The number of methoxy groups -OCH3 is 1. The van der Waals surface area contributed by atoms with Gasteiger partial charge in [0.25, 0.3) is 0 Å². The third-order valence-electron chi connectivity index (χ3n) is 6.63. The van der Waals surface area contributed by atoms with Gasteiger partial charge >= 0.3 is 6.09 Å². The summed E-state index contributed by atoms with van der Waals surface area (Å²) in [4.78, 5) is 29.1. The van der Waals surface area contributed by atoms with Gasteiger partial charge in [-0.05, 0) is 60.2 Å². The first-order valence-electron chi connectivity index (χ1n) is 13.3. The van der Waals surface area contributed by atoms with E-state index in [2.05, 4.69) is 35.1 Å². The molecule has 3 aromatic heterocycles. The molecule has 11 heteroatoms. The normalized spacial score (nSPS) is 13.4.